The van der Waals surface area contributed by atoms with Crippen LogP contribution in [-0.2, 0) is 12.8 Å². The average Bonchev–Trinajstić information content (AvgIpc) is 2.74. The van der Waals surface area contributed by atoms with Gasteiger partial charge in [0.25, 0.3) is 0 Å². The largest absolute Gasteiger partial charge is 0.508 e. The van der Waals surface area contributed by atoms with Crippen LogP contribution in [0.2, 0.25) is 0 Å². The Morgan fingerprint density at radius 2 is 1.89 bits per heavy atom. The summed E-state index contributed by atoms with van der Waals surface area (Å²) in [6, 6.07) is 1.74. The van der Waals surface area contributed by atoms with Gasteiger partial charge in [-0.05, 0) is 66.7 Å². The number of ketones is 1. The lowest BCUT2D eigenvalue weighted by Gasteiger charge is -2.21. The van der Waals surface area contributed by atoms with E-state index in [4.69, 9.17) is 0 Å². The molecular formula is C17H22O2. The van der Waals surface area contributed by atoms with Crippen LogP contribution in [0.25, 0.3) is 0 Å². The van der Waals surface area contributed by atoms with E-state index >= 15 is 0 Å². The van der Waals surface area contributed by atoms with Crippen LogP contribution in [0.3, 0.4) is 0 Å². The molecule has 0 aromatic heterocycles. The summed E-state index contributed by atoms with van der Waals surface area (Å²) in [5.41, 5.74) is 4.50. The second kappa shape index (κ2) is 4.66. The van der Waals surface area contributed by atoms with Gasteiger partial charge in [0, 0.05) is 12.0 Å². The Morgan fingerprint density at radius 3 is 2.63 bits per heavy atom. The van der Waals surface area contributed by atoms with Crippen molar-refractivity contribution in [3.05, 3.63) is 28.3 Å². The fourth-order valence-electron chi connectivity index (χ4n) is 3.84. The lowest BCUT2D eigenvalue weighted by molar-refractivity contribution is 0.0981. The molecule has 0 heterocycles. The van der Waals surface area contributed by atoms with Crippen LogP contribution in [-0.4, -0.2) is 10.9 Å². The van der Waals surface area contributed by atoms with Crippen molar-refractivity contribution in [3.8, 4) is 5.75 Å². The van der Waals surface area contributed by atoms with Crippen molar-refractivity contribution in [2.45, 2.75) is 58.3 Å². The number of hydrogen-bond donors (Lipinski definition) is 1. The molecule has 0 spiro atoms. The van der Waals surface area contributed by atoms with Gasteiger partial charge in [-0.3, -0.25) is 4.79 Å². The van der Waals surface area contributed by atoms with Crippen LogP contribution in [0.4, 0.5) is 0 Å². The second-order valence-corrected chi connectivity index (χ2v) is 6.33. The van der Waals surface area contributed by atoms with Crippen LogP contribution in [0.5, 0.6) is 5.75 Å². The van der Waals surface area contributed by atoms with Gasteiger partial charge in [0.05, 0.1) is 0 Å². The smallest absolute Gasteiger partial charge is 0.163 e. The van der Waals surface area contributed by atoms with Crippen molar-refractivity contribution < 1.29 is 9.90 Å². The molecule has 102 valence electrons. The molecule has 0 bridgehead atoms. The number of aromatic hydroxyl groups is 1. The van der Waals surface area contributed by atoms with Gasteiger partial charge in [-0.25, -0.2) is 0 Å². The van der Waals surface area contributed by atoms with E-state index in [9.17, 15) is 9.90 Å². The van der Waals surface area contributed by atoms with Gasteiger partial charge in [-0.2, -0.15) is 0 Å². The van der Waals surface area contributed by atoms with Crippen LogP contribution < -0.4 is 0 Å². The molecule has 1 aromatic carbocycles. The molecule has 2 heteroatoms. The van der Waals surface area contributed by atoms with E-state index < -0.39 is 0 Å². The van der Waals surface area contributed by atoms with Crippen LogP contribution >= 0.6 is 0 Å². The normalized spacial score (nSPS) is 22.3. The first-order chi connectivity index (χ1) is 9.09. The molecule has 2 nitrogen and oxygen atoms in total. The van der Waals surface area contributed by atoms with E-state index in [2.05, 4.69) is 13.8 Å². The minimum absolute atomic E-state index is 0.222. The molecule has 1 N–H and O–H groups in total. The maximum absolute atomic E-state index is 12.2. The number of rotatable bonds is 1. The lowest BCUT2D eigenvalue weighted by atomic mass is 9.83. The maximum Gasteiger partial charge on any atom is 0.163 e. The van der Waals surface area contributed by atoms with Gasteiger partial charge >= 0.3 is 0 Å². The highest BCUT2D eigenvalue weighted by atomic mass is 16.3. The zero-order chi connectivity index (χ0) is 13.6. The van der Waals surface area contributed by atoms with E-state index in [0.29, 0.717) is 24.0 Å². The number of Topliss-reactive ketones (excluding diaryl/α,β-unsaturated/α-hetero) is 1. The fraction of sp³-hybridized carbons (Fsp3) is 0.588. The first-order valence-corrected chi connectivity index (χ1v) is 7.50. The van der Waals surface area contributed by atoms with Crippen molar-refractivity contribution in [1.82, 2.24) is 0 Å². The molecule has 0 aliphatic heterocycles. The molecule has 0 saturated heterocycles. The Morgan fingerprint density at radius 1 is 1.16 bits per heavy atom. The number of benzene rings is 1. The van der Waals surface area contributed by atoms with Crippen LogP contribution in [0.15, 0.2) is 6.07 Å². The molecule has 2 aliphatic carbocycles. The summed E-state index contributed by atoms with van der Waals surface area (Å²) in [7, 11) is 0. The van der Waals surface area contributed by atoms with Gasteiger partial charge in [0.15, 0.2) is 5.78 Å². The third-order valence-electron chi connectivity index (χ3n) is 4.83. The molecule has 19 heavy (non-hydrogen) atoms. The molecule has 0 saturated carbocycles. The topological polar surface area (TPSA) is 37.3 Å². The summed E-state index contributed by atoms with van der Waals surface area (Å²) in [6.07, 6.45) is 5.80. The molecule has 1 atom stereocenters. The third kappa shape index (κ3) is 1.98. The number of phenolic OH excluding ortho intramolecular Hbond substituents is 1. The van der Waals surface area contributed by atoms with E-state index in [1.807, 2.05) is 0 Å². The van der Waals surface area contributed by atoms with E-state index in [1.54, 1.807) is 6.07 Å². The summed E-state index contributed by atoms with van der Waals surface area (Å²) >= 11 is 0. The van der Waals surface area contributed by atoms with E-state index in [0.717, 1.165) is 43.2 Å². The average molecular weight is 258 g/mol. The highest BCUT2D eigenvalue weighted by molar-refractivity contribution is 5.99. The zero-order valence-corrected chi connectivity index (χ0v) is 11.8. The first kappa shape index (κ1) is 12.7. The summed E-state index contributed by atoms with van der Waals surface area (Å²) in [5, 5.41) is 10.2. The number of phenols is 1. The SMILES string of the molecule is CC(C)[C@H]1CCc2c(O)cc3c(c21)CCCCC3=O. The van der Waals surface area contributed by atoms with Crippen molar-refractivity contribution >= 4 is 5.78 Å². The minimum Gasteiger partial charge on any atom is -0.508 e. The van der Waals surface area contributed by atoms with Crippen molar-refractivity contribution in [1.29, 1.82) is 0 Å². The predicted octanol–water partition coefficient (Wildman–Crippen LogP) is 3.99. The fourth-order valence-corrected chi connectivity index (χ4v) is 3.84. The van der Waals surface area contributed by atoms with Crippen molar-refractivity contribution in [2.75, 3.05) is 0 Å². The monoisotopic (exact) mass is 258 g/mol. The van der Waals surface area contributed by atoms with Gasteiger partial charge in [0.1, 0.15) is 5.75 Å². The Bertz CT molecular complexity index is 529. The standard InChI is InChI=1S/C17H22O2/c1-10(2)11-7-8-13-16(19)9-14-12(17(11)13)5-3-4-6-15(14)18/h9-11,19H,3-8H2,1-2H3/t11-/m1/s1. The molecule has 0 unspecified atom stereocenters. The summed E-state index contributed by atoms with van der Waals surface area (Å²) in [5.74, 6) is 1.67. The molecule has 2 aliphatic rings. The molecule has 0 amide bonds. The Hall–Kier alpha value is -1.31. The van der Waals surface area contributed by atoms with Crippen LogP contribution in [0, 0.1) is 5.92 Å². The number of carbonyl (C=O) groups excluding carboxylic acids is 1. The summed E-state index contributed by atoms with van der Waals surface area (Å²) < 4.78 is 0. The van der Waals surface area contributed by atoms with Gasteiger partial charge in [-0.1, -0.05) is 13.8 Å². The summed E-state index contributed by atoms with van der Waals surface area (Å²) in [4.78, 5) is 12.2. The number of carbonyl (C=O) groups is 1. The quantitative estimate of drug-likeness (QED) is 0.773. The lowest BCUT2D eigenvalue weighted by Crippen LogP contribution is -2.09. The van der Waals surface area contributed by atoms with Gasteiger partial charge in [0.2, 0.25) is 0 Å². The zero-order valence-electron chi connectivity index (χ0n) is 11.8. The Balaban J connectivity index is 2.22. The Labute approximate surface area is 114 Å². The molecule has 1 aromatic rings. The predicted molar refractivity (Wildman–Crippen MR) is 75.9 cm³/mol. The first-order valence-electron chi connectivity index (χ1n) is 7.50. The van der Waals surface area contributed by atoms with Crippen LogP contribution in [0.1, 0.15) is 72.5 Å². The van der Waals surface area contributed by atoms with E-state index in [1.165, 1.54) is 11.1 Å². The second-order valence-electron chi connectivity index (χ2n) is 6.33. The number of fused-ring (bicyclic) bond motifs is 3. The Kier molecular flexibility index (Phi) is 3.12. The minimum atomic E-state index is 0.222. The summed E-state index contributed by atoms with van der Waals surface area (Å²) in [6.45, 7) is 4.49. The highest BCUT2D eigenvalue weighted by Gasteiger charge is 2.33. The molecule has 3 rings (SSSR count). The van der Waals surface area contributed by atoms with Crippen molar-refractivity contribution in [2.24, 2.45) is 5.92 Å². The highest BCUT2D eigenvalue weighted by Crippen LogP contribution is 2.46. The van der Waals surface area contributed by atoms with Gasteiger partial charge in [-0.15, -0.1) is 0 Å². The maximum atomic E-state index is 12.2. The van der Waals surface area contributed by atoms with Crippen molar-refractivity contribution in [3.63, 3.8) is 0 Å². The molecule has 0 fully saturated rings. The molecule has 0 radical (unpaired) electrons. The molecular weight excluding hydrogens is 236 g/mol. The third-order valence-corrected chi connectivity index (χ3v) is 4.83. The van der Waals surface area contributed by atoms with Gasteiger partial charge < -0.3 is 5.11 Å². The van der Waals surface area contributed by atoms with E-state index in [-0.39, 0.29) is 5.78 Å². The number of hydrogen-bond acceptors (Lipinski definition) is 2.